The molecule has 1 aromatic heterocycles. The maximum atomic E-state index is 4.21. The first-order valence-electron chi connectivity index (χ1n) is 4.69. The summed E-state index contributed by atoms with van der Waals surface area (Å²) in [6, 6.07) is 6.27. The van der Waals surface area contributed by atoms with Crippen molar-refractivity contribution in [2.45, 2.75) is 6.92 Å². The summed E-state index contributed by atoms with van der Waals surface area (Å²) < 4.78 is 3.09. The normalized spacial score (nSPS) is 10.3. The number of anilines is 1. The van der Waals surface area contributed by atoms with Crippen LogP contribution in [-0.2, 0) is 0 Å². The van der Waals surface area contributed by atoms with Crippen LogP contribution >= 0.6 is 15.9 Å². The lowest BCUT2D eigenvalue weighted by Crippen LogP contribution is -2.00. The molecular formula is C11H12BrN3. The monoisotopic (exact) mass is 265 g/mol. The van der Waals surface area contributed by atoms with Gasteiger partial charge in [0.2, 0.25) is 5.95 Å². The highest BCUT2D eigenvalue weighted by atomic mass is 79.9. The summed E-state index contributed by atoms with van der Waals surface area (Å²) in [5.74, 6) is 0.840. The average molecular weight is 266 g/mol. The highest BCUT2D eigenvalue weighted by Gasteiger charge is 2.03. The Morgan fingerprint density at radius 3 is 2.80 bits per heavy atom. The molecule has 1 heterocycles. The number of hydrogen-bond acceptors (Lipinski definition) is 2. The second-order valence-corrected chi connectivity index (χ2v) is 4.27. The van der Waals surface area contributed by atoms with E-state index in [2.05, 4.69) is 51.4 Å². The van der Waals surface area contributed by atoms with Crippen LogP contribution in [0.3, 0.4) is 0 Å². The molecule has 0 saturated carbocycles. The molecule has 3 nitrogen and oxygen atoms in total. The predicted octanol–water partition coefficient (Wildman–Crippen LogP) is 2.98. The van der Waals surface area contributed by atoms with E-state index in [9.17, 15) is 0 Å². The standard InChI is InChI=1S/C11H12BrN3/c1-8-5-9(12)7-10(6-8)15-4-3-14-11(15)13-2/h3-7H,1-2H3,(H,13,14). The van der Waals surface area contributed by atoms with Gasteiger partial charge in [0, 0.05) is 29.6 Å². The third-order valence-electron chi connectivity index (χ3n) is 2.17. The molecule has 0 aliphatic heterocycles. The number of aromatic nitrogens is 2. The second kappa shape index (κ2) is 4.06. The van der Waals surface area contributed by atoms with Crippen molar-refractivity contribution in [1.29, 1.82) is 0 Å². The fraction of sp³-hybridized carbons (Fsp3) is 0.182. The van der Waals surface area contributed by atoms with Gasteiger partial charge in [0.1, 0.15) is 0 Å². The maximum absolute atomic E-state index is 4.21. The van der Waals surface area contributed by atoms with E-state index in [0.29, 0.717) is 0 Å². The van der Waals surface area contributed by atoms with Gasteiger partial charge in [0.05, 0.1) is 0 Å². The Kier molecular flexibility index (Phi) is 2.77. The molecule has 0 bridgehead atoms. The van der Waals surface area contributed by atoms with Crippen LogP contribution in [-0.4, -0.2) is 16.6 Å². The molecule has 0 unspecified atom stereocenters. The number of nitrogens with one attached hydrogen (secondary N) is 1. The van der Waals surface area contributed by atoms with Crippen LogP contribution < -0.4 is 5.32 Å². The number of nitrogens with zero attached hydrogens (tertiary/aromatic N) is 2. The molecule has 2 aromatic rings. The molecule has 0 spiro atoms. The zero-order valence-electron chi connectivity index (χ0n) is 8.66. The zero-order valence-corrected chi connectivity index (χ0v) is 10.2. The van der Waals surface area contributed by atoms with Crippen molar-refractivity contribution in [2.75, 3.05) is 12.4 Å². The lowest BCUT2D eigenvalue weighted by molar-refractivity contribution is 1.05. The van der Waals surface area contributed by atoms with Crippen molar-refractivity contribution in [3.8, 4) is 5.69 Å². The molecule has 0 atom stereocenters. The molecule has 1 N–H and O–H groups in total. The van der Waals surface area contributed by atoms with Crippen molar-refractivity contribution in [3.63, 3.8) is 0 Å². The van der Waals surface area contributed by atoms with Gasteiger partial charge in [-0.2, -0.15) is 0 Å². The molecule has 78 valence electrons. The van der Waals surface area contributed by atoms with Gasteiger partial charge in [-0.3, -0.25) is 4.57 Å². The topological polar surface area (TPSA) is 29.9 Å². The predicted molar refractivity (Wildman–Crippen MR) is 65.5 cm³/mol. The Bertz CT molecular complexity index is 456. The van der Waals surface area contributed by atoms with Crippen LogP contribution in [0.2, 0.25) is 0 Å². The molecule has 0 amide bonds. The van der Waals surface area contributed by atoms with E-state index in [1.807, 2.05) is 17.8 Å². The van der Waals surface area contributed by atoms with Crippen LogP contribution in [0.4, 0.5) is 5.95 Å². The maximum Gasteiger partial charge on any atom is 0.207 e. The van der Waals surface area contributed by atoms with Gasteiger partial charge in [0.15, 0.2) is 0 Å². The minimum absolute atomic E-state index is 0.840. The van der Waals surface area contributed by atoms with E-state index in [0.717, 1.165) is 16.1 Å². The third kappa shape index (κ3) is 2.04. The Morgan fingerprint density at radius 2 is 2.13 bits per heavy atom. The van der Waals surface area contributed by atoms with Gasteiger partial charge in [-0.15, -0.1) is 0 Å². The Hall–Kier alpha value is -1.29. The molecule has 0 radical (unpaired) electrons. The van der Waals surface area contributed by atoms with Crippen molar-refractivity contribution < 1.29 is 0 Å². The SMILES string of the molecule is CNc1nccn1-c1cc(C)cc(Br)c1. The fourth-order valence-corrected chi connectivity index (χ4v) is 2.15. The summed E-state index contributed by atoms with van der Waals surface area (Å²) >= 11 is 3.49. The number of benzene rings is 1. The van der Waals surface area contributed by atoms with Crippen molar-refractivity contribution in [1.82, 2.24) is 9.55 Å². The molecule has 4 heteroatoms. The van der Waals surface area contributed by atoms with Gasteiger partial charge in [-0.1, -0.05) is 15.9 Å². The van der Waals surface area contributed by atoms with Crippen LogP contribution in [0, 0.1) is 6.92 Å². The van der Waals surface area contributed by atoms with Crippen LogP contribution in [0.1, 0.15) is 5.56 Å². The number of imidazole rings is 1. The Labute approximate surface area is 97.3 Å². The summed E-state index contributed by atoms with van der Waals surface area (Å²) in [5.41, 5.74) is 2.32. The first-order chi connectivity index (χ1) is 7.20. The van der Waals surface area contributed by atoms with E-state index in [1.165, 1.54) is 5.56 Å². The number of rotatable bonds is 2. The summed E-state index contributed by atoms with van der Waals surface area (Å²) in [4.78, 5) is 4.21. The van der Waals surface area contributed by atoms with Crippen molar-refractivity contribution >= 4 is 21.9 Å². The minimum Gasteiger partial charge on any atom is -0.358 e. The summed E-state index contributed by atoms with van der Waals surface area (Å²) in [7, 11) is 1.86. The van der Waals surface area contributed by atoms with E-state index in [4.69, 9.17) is 0 Å². The van der Waals surface area contributed by atoms with Gasteiger partial charge < -0.3 is 5.32 Å². The number of aryl methyl sites for hydroxylation is 1. The molecule has 0 fully saturated rings. The van der Waals surface area contributed by atoms with Crippen LogP contribution in [0.5, 0.6) is 0 Å². The number of hydrogen-bond donors (Lipinski definition) is 1. The van der Waals surface area contributed by atoms with E-state index < -0.39 is 0 Å². The van der Waals surface area contributed by atoms with Gasteiger partial charge in [-0.25, -0.2) is 4.98 Å². The molecule has 2 rings (SSSR count). The molecule has 0 saturated heterocycles. The lowest BCUT2D eigenvalue weighted by atomic mass is 10.2. The highest BCUT2D eigenvalue weighted by molar-refractivity contribution is 9.10. The van der Waals surface area contributed by atoms with E-state index in [-0.39, 0.29) is 0 Å². The zero-order chi connectivity index (χ0) is 10.8. The molecule has 0 aliphatic rings. The van der Waals surface area contributed by atoms with Crippen molar-refractivity contribution in [2.24, 2.45) is 0 Å². The van der Waals surface area contributed by atoms with Crippen LogP contribution in [0.25, 0.3) is 5.69 Å². The summed E-state index contributed by atoms with van der Waals surface area (Å²) in [6.45, 7) is 2.07. The molecule has 15 heavy (non-hydrogen) atoms. The second-order valence-electron chi connectivity index (χ2n) is 3.36. The van der Waals surface area contributed by atoms with Gasteiger partial charge in [-0.05, 0) is 30.7 Å². The van der Waals surface area contributed by atoms with E-state index >= 15 is 0 Å². The smallest absolute Gasteiger partial charge is 0.207 e. The lowest BCUT2D eigenvalue weighted by Gasteiger charge is -2.08. The number of halogens is 1. The molecular weight excluding hydrogens is 254 g/mol. The van der Waals surface area contributed by atoms with Crippen LogP contribution in [0.15, 0.2) is 35.1 Å². The average Bonchev–Trinajstić information content (AvgIpc) is 2.63. The quantitative estimate of drug-likeness (QED) is 0.905. The van der Waals surface area contributed by atoms with Gasteiger partial charge in [0.25, 0.3) is 0 Å². The van der Waals surface area contributed by atoms with Crippen molar-refractivity contribution in [3.05, 3.63) is 40.6 Å². The highest BCUT2D eigenvalue weighted by Crippen LogP contribution is 2.20. The van der Waals surface area contributed by atoms with E-state index in [1.54, 1.807) is 6.20 Å². The minimum atomic E-state index is 0.840. The van der Waals surface area contributed by atoms with Gasteiger partial charge >= 0.3 is 0 Å². The Morgan fingerprint density at radius 1 is 1.33 bits per heavy atom. The third-order valence-corrected chi connectivity index (χ3v) is 2.63. The molecule has 0 aliphatic carbocycles. The molecule has 1 aromatic carbocycles. The summed E-state index contributed by atoms with van der Waals surface area (Å²) in [5, 5.41) is 3.05. The fourth-order valence-electron chi connectivity index (χ4n) is 1.55. The largest absolute Gasteiger partial charge is 0.358 e. The Balaban J connectivity index is 2.53. The first-order valence-corrected chi connectivity index (χ1v) is 5.48. The summed E-state index contributed by atoms with van der Waals surface area (Å²) in [6.07, 6.45) is 3.72. The first kappa shape index (κ1) is 10.2.